The van der Waals surface area contributed by atoms with Gasteiger partial charge in [-0.1, -0.05) is 52.4 Å². The Hall–Kier alpha value is 0.260. The lowest BCUT2D eigenvalue weighted by molar-refractivity contribution is 0.456. The van der Waals surface area contributed by atoms with E-state index in [1.165, 1.54) is 32.1 Å². The maximum atomic E-state index is 12.4. The first-order valence-corrected chi connectivity index (χ1v) is 10.9. The average Bonchev–Trinajstić information content (AvgIpc) is 2.87. The molecule has 0 saturated carbocycles. The molecule has 0 aromatic heterocycles. The molecule has 0 radical (unpaired) electrons. The van der Waals surface area contributed by atoms with Crippen LogP contribution in [0.3, 0.4) is 0 Å². The van der Waals surface area contributed by atoms with Crippen LogP contribution in [0.4, 0.5) is 0 Å². The van der Waals surface area contributed by atoms with Crippen molar-refractivity contribution >= 4 is 21.8 Å². The number of nitrogens with zero attached hydrogens (tertiary/aromatic N) is 1. The lowest BCUT2D eigenvalue weighted by Crippen LogP contribution is -2.35. The molecule has 1 atom stereocenters. The molecule has 1 unspecified atom stereocenters. The van der Waals surface area contributed by atoms with Crippen LogP contribution in [0.1, 0.15) is 71.6 Å². The quantitative estimate of drug-likeness (QED) is 0.534. The van der Waals surface area contributed by atoms with Gasteiger partial charge < -0.3 is 0 Å². The highest BCUT2D eigenvalue weighted by molar-refractivity contribution is 8.00. The second-order valence-corrected chi connectivity index (χ2v) is 9.10. The molecular weight excluding hydrogens is 290 g/mol. The average molecular weight is 322 g/mol. The van der Waals surface area contributed by atoms with E-state index in [1.807, 2.05) is 0 Å². The second-order valence-electron chi connectivity index (χ2n) is 5.60. The molecule has 3 nitrogen and oxygen atoms in total. The van der Waals surface area contributed by atoms with Crippen molar-refractivity contribution in [1.29, 1.82) is 0 Å². The van der Waals surface area contributed by atoms with Gasteiger partial charge in [-0.2, -0.15) is 4.31 Å². The fraction of sp³-hybridized carbons (Fsp3) is 1.00. The minimum Gasteiger partial charge on any atom is -0.212 e. The smallest absolute Gasteiger partial charge is 0.212 e. The standard InChI is InChI=1S/C15H31NO2S2/c1-3-5-6-7-8-9-10-14-20(17,18)16-13-11-12-15(16)19-4-2/h15H,3-14H2,1-2H3. The summed E-state index contributed by atoms with van der Waals surface area (Å²) < 4.78 is 26.5. The number of unbranched alkanes of at least 4 members (excludes halogenated alkanes) is 6. The highest BCUT2D eigenvalue weighted by Gasteiger charge is 2.33. The van der Waals surface area contributed by atoms with Gasteiger partial charge >= 0.3 is 0 Å². The summed E-state index contributed by atoms with van der Waals surface area (Å²) in [6.07, 6.45) is 10.2. The van der Waals surface area contributed by atoms with E-state index in [2.05, 4.69) is 13.8 Å². The first-order valence-electron chi connectivity index (χ1n) is 8.23. The molecule has 0 spiro atoms. The van der Waals surface area contributed by atoms with Gasteiger partial charge in [0.25, 0.3) is 0 Å². The van der Waals surface area contributed by atoms with Gasteiger partial charge in [-0.05, 0) is 25.0 Å². The molecule has 0 aromatic rings. The molecule has 5 heteroatoms. The molecule has 0 N–H and O–H groups in total. The SMILES string of the molecule is CCCCCCCCCS(=O)(=O)N1CCCC1SCC. The Morgan fingerprint density at radius 1 is 1.05 bits per heavy atom. The second kappa shape index (κ2) is 10.1. The molecule has 120 valence electrons. The predicted octanol–water partition coefficient (Wildman–Crippen LogP) is 4.24. The zero-order chi connectivity index (χ0) is 14.8. The summed E-state index contributed by atoms with van der Waals surface area (Å²) in [5.41, 5.74) is 0. The van der Waals surface area contributed by atoms with Gasteiger partial charge in [0.15, 0.2) is 0 Å². The van der Waals surface area contributed by atoms with Crippen molar-refractivity contribution in [3.63, 3.8) is 0 Å². The Bertz CT molecular complexity index is 344. The van der Waals surface area contributed by atoms with Gasteiger partial charge in [0.05, 0.1) is 11.1 Å². The van der Waals surface area contributed by atoms with Gasteiger partial charge in [-0.25, -0.2) is 8.42 Å². The Morgan fingerprint density at radius 2 is 1.70 bits per heavy atom. The molecule has 20 heavy (non-hydrogen) atoms. The summed E-state index contributed by atoms with van der Waals surface area (Å²) in [6.45, 7) is 5.05. The van der Waals surface area contributed by atoms with Crippen LogP contribution in [0.15, 0.2) is 0 Å². The normalized spacial score (nSPS) is 20.6. The van der Waals surface area contributed by atoms with Crippen LogP contribution in [0, 0.1) is 0 Å². The summed E-state index contributed by atoms with van der Waals surface area (Å²) in [6, 6.07) is 0. The van der Waals surface area contributed by atoms with Crippen LogP contribution in [0.2, 0.25) is 0 Å². The van der Waals surface area contributed by atoms with Crippen LogP contribution >= 0.6 is 11.8 Å². The minimum atomic E-state index is -3.02. The van der Waals surface area contributed by atoms with E-state index in [0.29, 0.717) is 5.75 Å². The molecule has 1 aliphatic heterocycles. The minimum absolute atomic E-state index is 0.203. The monoisotopic (exact) mass is 321 g/mol. The van der Waals surface area contributed by atoms with Crippen LogP contribution in [0.5, 0.6) is 0 Å². The highest BCUT2D eigenvalue weighted by Crippen LogP contribution is 2.30. The predicted molar refractivity (Wildman–Crippen MR) is 89.6 cm³/mol. The molecule has 1 fully saturated rings. The van der Waals surface area contributed by atoms with E-state index in [9.17, 15) is 8.42 Å². The number of hydrogen-bond donors (Lipinski definition) is 0. The van der Waals surface area contributed by atoms with E-state index in [1.54, 1.807) is 16.1 Å². The van der Waals surface area contributed by atoms with Crippen molar-refractivity contribution in [3.05, 3.63) is 0 Å². The van der Waals surface area contributed by atoms with Gasteiger partial charge in [0.1, 0.15) is 0 Å². The first kappa shape index (κ1) is 18.3. The van der Waals surface area contributed by atoms with Gasteiger partial charge in [-0.15, -0.1) is 11.8 Å². The maximum Gasteiger partial charge on any atom is 0.215 e. The molecule has 0 aliphatic carbocycles. The fourth-order valence-electron chi connectivity index (χ4n) is 2.75. The molecular formula is C15H31NO2S2. The van der Waals surface area contributed by atoms with Crippen molar-refractivity contribution in [2.45, 2.75) is 77.0 Å². The van der Waals surface area contributed by atoms with E-state index >= 15 is 0 Å². The Balaban J connectivity index is 2.23. The molecule has 1 aliphatic rings. The van der Waals surface area contributed by atoms with Crippen molar-refractivity contribution in [3.8, 4) is 0 Å². The van der Waals surface area contributed by atoms with E-state index < -0.39 is 10.0 Å². The lowest BCUT2D eigenvalue weighted by atomic mass is 10.1. The van der Waals surface area contributed by atoms with Crippen LogP contribution in [0.25, 0.3) is 0 Å². The third-order valence-corrected chi connectivity index (χ3v) is 7.17. The maximum absolute atomic E-state index is 12.4. The van der Waals surface area contributed by atoms with E-state index in [0.717, 1.165) is 38.0 Å². The van der Waals surface area contributed by atoms with E-state index in [4.69, 9.17) is 0 Å². The molecule has 0 aromatic carbocycles. The zero-order valence-corrected chi connectivity index (χ0v) is 14.8. The largest absolute Gasteiger partial charge is 0.215 e. The summed E-state index contributed by atoms with van der Waals surface area (Å²) in [5.74, 6) is 1.34. The highest BCUT2D eigenvalue weighted by atomic mass is 32.2. The third-order valence-electron chi connectivity index (χ3n) is 3.87. The molecule has 1 saturated heterocycles. The fourth-order valence-corrected chi connectivity index (χ4v) is 5.99. The molecule has 0 amide bonds. The van der Waals surface area contributed by atoms with Crippen molar-refractivity contribution in [1.82, 2.24) is 4.31 Å². The first-order chi connectivity index (χ1) is 9.61. The molecule has 1 rings (SSSR count). The number of sulfonamides is 1. The Kier molecular flexibility index (Phi) is 9.21. The number of rotatable bonds is 11. The van der Waals surface area contributed by atoms with Gasteiger partial charge in [-0.3, -0.25) is 0 Å². The van der Waals surface area contributed by atoms with Crippen LogP contribution in [-0.4, -0.2) is 36.1 Å². The number of thioether (sulfide) groups is 1. The lowest BCUT2D eigenvalue weighted by Gasteiger charge is -2.23. The van der Waals surface area contributed by atoms with Crippen molar-refractivity contribution in [2.24, 2.45) is 0 Å². The Labute approximate surface area is 129 Å². The van der Waals surface area contributed by atoms with Gasteiger partial charge in [0, 0.05) is 6.54 Å². The van der Waals surface area contributed by atoms with Crippen LogP contribution < -0.4 is 0 Å². The molecule has 0 bridgehead atoms. The zero-order valence-electron chi connectivity index (χ0n) is 13.1. The van der Waals surface area contributed by atoms with Crippen LogP contribution in [-0.2, 0) is 10.0 Å². The van der Waals surface area contributed by atoms with Crippen molar-refractivity contribution in [2.75, 3.05) is 18.1 Å². The summed E-state index contributed by atoms with van der Waals surface area (Å²) >= 11 is 1.77. The summed E-state index contributed by atoms with van der Waals surface area (Å²) in [5, 5.41) is 0.203. The molecule has 1 heterocycles. The summed E-state index contributed by atoms with van der Waals surface area (Å²) in [4.78, 5) is 0. The van der Waals surface area contributed by atoms with Crippen molar-refractivity contribution < 1.29 is 8.42 Å². The Morgan fingerprint density at radius 3 is 2.35 bits per heavy atom. The van der Waals surface area contributed by atoms with E-state index in [-0.39, 0.29) is 5.37 Å². The number of hydrogen-bond acceptors (Lipinski definition) is 3. The topological polar surface area (TPSA) is 37.4 Å². The van der Waals surface area contributed by atoms with Gasteiger partial charge in [0.2, 0.25) is 10.0 Å². The summed E-state index contributed by atoms with van der Waals surface area (Å²) in [7, 11) is -3.02. The third kappa shape index (κ3) is 6.35.